The number of para-hydroxylation sites is 1. The van der Waals surface area contributed by atoms with Gasteiger partial charge in [0.05, 0.1) is 10.6 Å². The van der Waals surface area contributed by atoms with Gasteiger partial charge in [0.25, 0.3) is 10.0 Å². The number of halogens is 1. The van der Waals surface area contributed by atoms with Gasteiger partial charge in [-0.2, -0.15) is 0 Å². The van der Waals surface area contributed by atoms with Crippen LogP contribution in [0.25, 0.3) is 0 Å². The highest BCUT2D eigenvalue weighted by Gasteiger charge is 2.15. The molecule has 5 heteroatoms. The van der Waals surface area contributed by atoms with Crippen molar-refractivity contribution in [2.45, 2.75) is 24.7 Å². The number of aryl methyl sites for hydroxylation is 1. The van der Waals surface area contributed by atoms with Crippen LogP contribution in [0, 0.1) is 5.82 Å². The van der Waals surface area contributed by atoms with Gasteiger partial charge in [-0.25, -0.2) is 12.8 Å². The molecule has 20 heavy (non-hydrogen) atoms. The number of sulfonamides is 1. The van der Waals surface area contributed by atoms with Crippen LogP contribution in [0.1, 0.15) is 18.9 Å². The average molecular weight is 293 g/mol. The normalized spacial score (nSPS) is 11.3. The molecule has 0 radical (unpaired) electrons. The van der Waals surface area contributed by atoms with Crippen LogP contribution in [0.4, 0.5) is 10.1 Å². The first kappa shape index (κ1) is 14.5. The van der Waals surface area contributed by atoms with Gasteiger partial charge in [-0.3, -0.25) is 4.72 Å². The van der Waals surface area contributed by atoms with Crippen LogP contribution in [-0.2, 0) is 16.4 Å². The van der Waals surface area contributed by atoms with Crippen LogP contribution in [0.2, 0.25) is 0 Å². The minimum atomic E-state index is -3.69. The standard InChI is InChI=1S/C15H16FNO2S/c1-2-5-12-6-3-4-7-15(12)17-20(18,19)14-10-8-13(16)9-11-14/h3-4,6-11,17H,2,5H2,1H3. The first-order valence-electron chi connectivity index (χ1n) is 6.39. The van der Waals surface area contributed by atoms with Crippen LogP contribution in [0.5, 0.6) is 0 Å². The molecule has 1 N–H and O–H groups in total. The van der Waals surface area contributed by atoms with Crippen molar-refractivity contribution in [2.24, 2.45) is 0 Å². The molecule has 3 nitrogen and oxygen atoms in total. The van der Waals surface area contributed by atoms with Crippen molar-refractivity contribution in [3.63, 3.8) is 0 Å². The maximum absolute atomic E-state index is 12.9. The van der Waals surface area contributed by atoms with Crippen LogP contribution in [0.15, 0.2) is 53.4 Å². The van der Waals surface area contributed by atoms with Crippen molar-refractivity contribution in [2.75, 3.05) is 4.72 Å². The second kappa shape index (κ2) is 6.05. The Kier molecular flexibility index (Phi) is 4.39. The fourth-order valence-electron chi connectivity index (χ4n) is 1.92. The average Bonchev–Trinajstić information content (AvgIpc) is 2.41. The maximum Gasteiger partial charge on any atom is 0.261 e. The molecule has 0 bridgehead atoms. The zero-order chi connectivity index (χ0) is 14.6. The predicted molar refractivity (Wildman–Crippen MR) is 77.6 cm³/mol. The minimum Gasteiger partial charge on any atom is -0.279 e. The molecule has 2 rings (SSSR count). The highest BCUT2D eigenvalue weighted by atomic mass is 32.2. The van der Waals surface area contributed by atoms with Gasteiger partial charge in [0.15, 0.2) is 0 Å². The molecule has 0 aromatic heterocycles. The molecule has 106 valence electrons. The van der Waals surface area contributed by atoms with Crippen LogP contribution >= 0.6 is 0 Å². The molecule has 0 saturated carbocycles. The van der Waals surface area contributed by atoms with E-state index in [0.717, 1.165) is 30.5 Å². The Bertz CT molecular complexity index is 681. The van der Waals surface area contributed by atoms with Gasteiger partial charge in [-0.1, -0.05) is 31.5 Å². The zero-order valence-corrected chi connectivity index (χ0v) is 12.0. The summed E-state index contributed by atoms with van der Waals surface area (Å²) in [6.07, 6.45) is 1.72. The van der Waals surface area contributed by atoms with Crippen LogP contribution in [-0.4, -0.2) is 8.42 Å². The van der Waals surface area contributed by atoms with Gasteiger partial charge in [0.2, 0.25) is 0 Å². The van der Waals surface area contributed by atoms with Gasteiger partial charge in [-0.15, -0.1) is 0 Å². The van der Waals surface area contributed by atoms with Crippen molar-refractivity contribution in [1.29, 1.82) is 0 Å². The fourth-order valence-corrected chi connectivity index (χ4v) is 3.03. The van der Waals surface area contributed by atoms with Crippen molar-refractivity contribution >= 4 is 15.7 Å². The Balaban J connectivity index is 2.31. The zero-order valence-electron chi connectivity index (χ0n) is 11.1. The fraction of sp³-hybridized carbons (Fsp3) is 0.200. The lowest BCUT2D eigenvalue weighted by Crippen LogP contribution is -2.14. The Hall–Kier alpha value is -1.88. The highest BCUT2D eigenvalue weighted by molar-refractivity contribution is 7.92. The maximum atomic E-state index is 12.9. The Morgan fingerprint density at radius 3 is 2.35 bits per heavy atom. The molecule has 0 atom stereocenters. The summed E-state index contributed by atoms with van der Waals surface area (Å²) < 4.78 is 39.9. The number of hydrogen-bond donors (Lipinski definition) is 1. The molecule has 0 fully saturated rings. The molecule has 0 aliphatic heterocycles. The highest BCUT2D eigenvalue weighted by Crippen LogP contribution is 2.21. The first-order valence-corrected chi connectivity index (χ1v) is 7.87. The predicted octanol–water partition coefficient (Wildman–Crippen LogP) is 3.58. The lowest BCUT2D eigenvalue weighted by molar-refractivity contribution is 0.599. The van der Waals surface area contributed by atoms with Gasteiger partial charge in [0, 0.05) is 0 Å². The topological polar surface area (TPSA) is 46.2 Å². The summed E-state index contributed by atoms with van der Waals surface area (Å²) in [7, 11) is -3.69. The molecule has 0 heterocycles. The quantitative estimate of drug-likeness (QED) is 0.916. The van der Waals surface area contributed by atoms with E-state index in [0.29, 0.717) is 5.69 Å². The molecule has 2 aromatic rings. The van der Waals surface area contributed by atoms with E-state index in [1.165, 1.54) is 12.1 Å². The smallest absolute Gasteiger partial charge is 0.261 e. The lowest BCUT2D eigenvalue weighted by atomic mass is 10.1. The monoisotopic (exact) mass is 293 g/mol. The van der Waals surface area contributed by atoms with E-state index < -0.39 is 15.8 Å². The summed E-state index contributed by atoms with van der Waals surface area (Å²) in [5, 5.41) is 0. The number of hydrogen-bond acceptors (Lipinski definition) is 2. The molecule has 0 aliphatic rings. The Morgan fingerprint density at radius 2 is 1.70 bits per heavy atom. The summed E-state index contributed by atoms with van der Waals surface area (Å²) in [6, 6.07) is 12.0. The molecule has 0 aliphatic carbocycles. The van der Waals surface area contributed by atoms with Crippen LogP contribution < -0.4 is 4.72 Å². The first-order chi connectivity index (χ1) is 9.53. The van der Waals surface area contributed by atoms with Gasteiger partial charge < -0.3 is 0 Å². The number of nitrogens with one attached hydrogen (secondary N) is 1. The Labute approximate surface area is 118 Å². The van der Waals surface area contributed by atoms with Crippen molar-refractivity contribution in [3.8, 4) is 0 Å². The number of benzene rings is 2. The summed E-state index contributed by atoms with van der Waals surface area (Å²) >= 11 is 0. The van der Waals surface area contributed by atoms with Crippen molar-refractivity contribution in [3.05, 3.63) is 59.9 Å². The van der Waals surface area contributed by atoms with Gasteiger partial charge in [0.1, 0.15) is 5.82 Å². The molecule has 0 unspecified atom stereocenters. The van der Waals surface area contributed by atoms with Crippen LogP contribution in [0.3, 0.4) is 0 Å². The summed E-state index contributed by atoms with van der Waals surface area (Å²) in [5.74, 6) is -0.463. The van der Waals surface area contributed by atoms with E-state index in [1.54, 1.807) is 12.1 Å². The number of rotatable bonds is 5. The van der Waals surface area contributed by atoms with Crippen molar-refractivity contribution in [1.82, 2.24) is 0 Å². The summed E-state index contributed by atoms with van der Waals surface area (Å²) in [6.45, 7) is 2.03. The van der Waals surface area contributed by atoms with E-state index >= 15 is 0 Å². The summed E-state index contributed by atoms with van der Waals surface area (Å²) in [4.78, 5) is 0.0465. The molecule has 0 amide bonds. The molecular weight excluding hydrogens is 277 g/mol. The third-order valence-corrected chi connectivity index (χ3v) is 4.29. The number of anilines is 1. The van der Waals surface area contributed by atoms with Crippen molar-refractivity contribution < 1.29 is 12.8 Å². The second-order valence-electron chi connectivity index (χ2n) is 4.47. The molecular formula is C15H16FNO2S. The van der Waals surface area contributed by atoms with E-state index in [4.69, 9.17) is 0 Å². The lowest BCUT2D eigenvalue weighted by Gasteiger charge is -2.12. The minimum absolute atomic E-state index is 0.0465. The summed E-state index contributed by atoms with van der Waals surface area (Å²) in [5.41, 5.74) is 1.51. The third-order valence-electron chi connectivity index (χ3n) is 2.90. The molecule has 2 aromatic carbocycles. The Morgan fingerprint density at radius 1 is 1.05 bits per heavy atom. The van der Waals surface area contributed by atoms with E-state index in [1.807, 2.05) is 19.1 Å². The largest absolute Gasteiger partial charge is 0.279 e. The molecule has 0 spiro atoms. The van der Waals surface area contributed by atoms with Gasteiger partial charge >= 0.3 is 0 Å². The van der Waals surface area contributed by atoms with E-state index in [2.05, 4.69) is 4.72 Å². The second-order valence-corrected chi connectivity index (χ2v) is 6.15. The molecule has 0 saturated heterocycles. The van der Waals surface area contributed by atoms with Gasteiger partial charge in [-0.05, 0) is 42.3 Å². The third kappa shape index (κ3) is 3.36. The SMILES string of the molecule is CCCc1ccccc1NS(=O)(=O)c1ccc(F)cc1. The van der Waals surface area contributed by atoms with E-state index in [-0.39, 0.29) is 4.90 Å². The van der Waals surface area contributed by atoms with E-state index in [9.17, 15) is 12.8 Å².